The van der Waals surface area contributed by atoms with Crippen LogP contribution in [-0.2, 0) is 0 Å². The third-order valence-electron chi connectivity index (χ3n) is 0.816. The molecule has 0 N–H and O–H groups in total. The number of rotatable bonds is 1. The van der Waals surface area contributed by atoms with E-state index < -0.39 is 0 Å². The number of halogens is 2. The predicted molar refractivity (Wildman–Crippen MR) is 45.2 cm³/mol. The van der Waals surface area contributed by atoms with Crippen LogP contribution in [0.3, 0.4) is 0 Å². The lowest BCUT2D eigenvalue weighted by molar-refractivity contribution is 0.626. The highest BCUT2D eigenvalue weighted by Gasteiger charge is 1.80. The molecule has 0 spiro atoms. The molecule has 52 valence electrons. The predicted octanol–water partition coefficient (Wildman–Crippen LogP) is 4.02. The van der Waals surface area contributed by atoms with E-state index in [-0.39, 0.29) is 7.29 Å². The molecule has 0 aromatic carbocycles. The molecule has 0 bridgehead atoms. The SMILES string of the molecule is CCC(C)C.ClPCl. The van der Waals surface area contributed by atoms with Gasteiger partial charge in [-0.2, -0.15) is 0 Å². The molecule has 0 aliphatic heterocycles. The van der Waals surface area contributed by atoms with Crippen molar-refractivity contribution in [3.05, 3.63) is 0 Å². The Hall–Kier alpha value is 1.01. The summed E-state index contributed by atoms with van der Waals surface area (Å²) in [5.41, 5.74) is 0. The van der Waals surface area contributed by atoms with Crippen molar-refractivity contribution in [3.63, 3.8) is 0 Å². The van der Waals surface area contributed by atoms with Crippen LogP contribution in [0.15, 0.2) is 0 Å². The van der Waals surface area contributed by atoms with Gasteiger partial charge in [-0.05, 0) is 5.92 Å². The first-order valence-electron chi connectivity index (χ1n) is 2.65. The second-order valence-corrected chi connectivity index (χ2v) is 3.73. The molecule has 0 radical (unpaired) electrons. The summed E-state index contributed by atoms with van der Waals surface area (Å²) in [6.45, 7) is 6.64. The van der Waals surface area contributed by atoms with Gasteiger partial charge in [-0.3, -0.25) is 0 Å². The smallest absolute Gasteiger partial charge is 0.0713 e. The molecule has 0 rings (SSSR count). The zero-order valence-corrected chi connectivity index (χ0v) is 8.05. The molecule has 0 aromatic rings. The lowest BCUT2D eigenvalue weighted by Crippen LogP contribution is -1.77. The van der Waals surface area contributed by atoms with Gasteiger partial charge in [-0.1, -0.05) is 49.7 Å². The van der Waals surface area contributed by atoms with Crippen molar-refractivity contribution in [3.8, 4) is 0 Å². The highest BCUT2D eigenvalue weighted by atomic mass is 35.9. The fourth-order valence-corrected chi connectivity index (χ4v) is 0. The third kappa shape index (κ3) is 27.9. The average molecular weight is 175 g/mol. The standard InChI is InChI=1S/C5H12.Cl2HP/c1-4-5(2)3;1-3-2/h5H,4H2,1-3H3;3H. The molecule has 0 saturated heterocycles. The van der Waals surface area contributed by atoms with E-state index in [1.165, 1.54) is 6.42 Å². The van der Waals surface area contributed by atoms with Crippen molar-refractivity contribution in [2.24, 2.45) is 5.92 Å². The minimum Gasteiger partial charge on any atom is -0.0818 e. The molecule has 3 heteroatoms. The Kier molecular flexibility index (Phi) is 16.0. The monoisotopic (exact) mass is 174 g/mol. The molecule has 0 saturated carbocycles. The van der Waals surface area contributed by atoms with Gasteiger partial charge in [0.25, 0.3) is 0 Å². The summed E-state index contributed by atoms with van der Waals surface area (Å²) in [7, 11) is 0.0278. The van der Waals surface area contributed by atoms with Crippen LogP contribution in [0.4, 0.5) is 0 Å². The second kappa shape index (κ2) is 10.9. The summed E-state index contributed by atoms with van der Waals surface area (Å²) in [5, 5.41) is 0. The van der Waals surface area contributed by atoms with Crippen LogP contribution < -0.4 is 0 Å². The van der Waals surface area contributed by atoms with Gasteiger partial charge in [-0.25, -0.2) is 0 Å². The summed E-state index contributed by atoms with van der Waals surface area (Å²) in [4.78, 5) is 0. The molecule has 0 amide bonds. The Morgan fingerprint density at radius 1 is 1.38 bits per heavy atom. The zero-order valence-electron chi connectivity index (χ0n) is 5.54. The molecule has 0 fully saturated rings. The van der Waals surface area contributed by atoms with Crippen molar-refractivity contribution in [1.82, 2.24) is 0 Å². The summed E-state index contributed by atoms with van der Waals surface area (Å²) in [6, 6.07) is 0. The van der Waals surface area contributed by atoms with Crippen molar-refractivity contribution >= 4 is 29.8 Å². The Morgan fingerprint density at radius 2 is 1.50 bits per heavy atom. The minimum atomic E-state index is 0.0278. The van der Waals surface area contributed by atoms with Crippen molar-refractivity contribution in [1.29, 1.82) is 0 Å². The minimum absolute atomic E-state index is 0.0278. The maximum atomic E-state index is 4.79. The van der Waals surface area contributed by atoms with Crippen LogP contribution in [0.5, 0.6) is 0 Å². The van der Waals surface area contributed by atoms with E-state index >= 15 is 0 Å². The van der Waals surface area contributed by atoms with Crippen LogP contribution in [0.1, 0.15) is 27.2 Å². The summed E-state index contributed by atoms with van der Waals surface area (Å²) in [5.74, 6) is 0.884. The van der Waals surface area contributed by atoms with Gasteiger partial charge in [0.05, 0.1) is 7.29 Å². The second-order valence-electron chi connectivity index (χ2n) is 1.87. The lowest BCUT2D eigenvalue weighted by atomic mass is 10.2. The topological polar surface area (TPSA) is 0 Å². The fourth-order valence-electron chi connectivity index (χ4n) is 0. The maximum Gasteiger partial charge on any atom is 0.0713 e. The van der Waals surface area contributed by atoms with Crippen molar-refractivity contribution in [2.75, 3.05) is 0 Å². The van der Waals surface area contributed by atoms with Crippen molar-refractivity contribution in [2.45, 2.75) is 27.2 Å². The van der Waals surface area contributed by atoms with Crippen LogP contribution in [0.2, 0.25) is 0 Å². The molecule has 0 aliphatic rings. The molecule has 0 atom stereocenters. The summed E-state index contributed by atoms with van der Waals surface area (Å²) >= 11 is 9.58. The van der Waals surface area contributed by atoms with Crippen molar-refractivity contribution < 1.29 is 0 Å². The van der Waals surface area contributed by atoms with Crippen LogP contribution in [0, 0.1) is 5.92 Å². The van der Waals surface area contributed by atoms with Crippen LogP contribution >= 0.6 is 29.8 Å². The highest BCUT2D eigenvalue weighted by molar-refractivity contribution is 7.90. The summed E-state index contributed by atoms with van der Waals surface area (Å²) < 4.78 is 0. The van der Waals surface area contributed by atoms with E-state index in [1.54, 1.807) is 0 Å². The first-order chi connectivity index (χ1) is 3.68. The maximum absolute atomic E-state index is 4.79. The fraction of sp³-hybridized carbons (Fsp3) is 1.00. The van der Waals surface area contributed by atoms with E-state index in [9.17, 15) is 0 Å². The Bertz CT molecular complexity index is 31.6. The lowest BCUT2D eigenvalue weighted by Gasteiger charge is -1.90. The Morgan fingerprint density at radius 3 is 1.50 bits per heavy atom. The van der Waals surface area contributed by atoms with E-state index in [2.05, 4.69) is 20.8 Å². The first-order valence-corrected chi connectivity index (χ1v) is 5.67. The van der Waals surface area contributed by atoms with Crippen LogP contribution in [-0.4, -0.2) is 0 Å². The molecule has 0 unspecified atom stereocenters. The molecule has 8 heavy (non-hydrogen) atoms. The van der Waals surface area contributed by atoms with Gasteiger partial charge in [0.2, 0.25) is 0 Å². The van der Waals surface area contributed by atoms with Gasteiger partial charge in [0.15, 0.2) is 0 Å². The summed E-state index contributed by atoms with van der Waals surface area (Å²) in [6.07, 6.45) is 1.31. The Labute approximate surface area is 63.3 Å². The average Bonchev–Trinajstić information content (AvgIpc) is 1.69. The highest BCUT2D eigenvalue weighted by Crippen LogP contribution is 2.19. The molecule has 0 aliphatic carbocycles. The van der Waals surface area contributed by atoms with Gasteiger partial charge in [0.1, 0.15) is 0 Å². The van der Waals surface area contributed by atoms with E-state index in [1.807, 2.05) is 0 Å². The molecule has 0 aromatic heterocycles. The molecule has 0 nitrogen and oxygen atoms in total. The van der Waals surface area contributed by atoms with E-state index in [4.69, 9.17) is 22.5 Å². The van der Waals surface area contributed by atoms with Crippen LogP contribution in [0.25, 0.3) is 0 Å². The van der Waals surface area contributed by atoms with Gasteiger partial charge in [0, 0.05) is 0 Å². The quantitative estimate of drug-likeness (QED) is 0.528. The van der Waals surface area contributed by atoms with Gasteiger partial charge in [-0.15, -0.1) is 0 Å². The molecule has 0 heterocycles. The normalized spacial score (nSPS) is 8.25. The Balaban J connectivity index is 0. The van der Waals surface area contributed by atoms with E-state index in [0.717, 1.165) is 5.92 Å². The number of hydrogen-bond acceptors (Lipinski definition) is 0. The van der Waals surface area contributed by atoms with Gasteiger partial charge < -0.3 is 0 Å². The zero-order chi connectivity index (χ0) is 6.99. The molecular weight excluding hydrogens is 162 g/mol. The largest absolute Gasteiger partial charge is 0.0818 e. The molecular formula is C5H13Cl2P. The van der Waals surface area contributed by atoms with Gasteiger partial charge >= 0.3 is 0 Å². The first kappa shape index (κ1) is 11.8. The van der Waals surface area contributed by atoms with E-state index in [0.29, 0.717) is 0 Å². The number of hydrogen-bond donors (Lipinski definition) is 0. The third-order valence-corrected chi connectivity index (χ3v) is 0.816.